The largest absolute Gasteiger partial charge is 0.396 e. The van der Waals surface area contributed by atoms with Crippen LogP contribution in [0.25, 0.3) is 0 Å². The van der Waals surface area contributed by atoms with Gasteiger partial charge in [-0.1, -0.05) is 18.5 Å². The Hall–Kier alpha value is -1.00. The number of aliphatic hydroxyl groups excluding tert-OH is 1. The summed E-state index contributed by atoms with van der Waals surface area (Å²) in [5.41, 5.74) is 6.25. The summed E-state index contributed by atoms with van der Waals surface area (Å²) >= 11 is 5.73. The highest BCUT2D eigenvalue weighted by Gasteiger charge is 2.12. The standard InChI is InChI=1S/C10H16ClN3O/c1-6(5-15)7(2)14-10-9(12)3-8(11)4-13-10/h3-4,6-7,15H,5,12H2,1-2H3,(H,13,14). The molecule has 1 aromatic heterocycles. The lowest BCUT2D eigenvalue weighted by Crippen LogP contribution is -2.27. The molecule has 0 bridgehead atoms. The fourth-order valence-corrected chi connectivity index (χ4v) is 1.26. The van der Waals surface area contributed by atoms with E-state index in [0.29, 0.717) is 16.5 Å². The van der Waals surface area contributed by atoms with Crippen LogP contribution in [0, 0.1) is 5.92 Å². The highest BCUT2D eigenvalue weighted by molar-refractivity contribution is 6.30. The Kier molecular flexibility index (Phi) is 4.17. The van der Waals surface area contributed by atoms with Crippen molar-refractivity contribution in [2.75, 3.05) is 17.7 Å². The molecular weight excluding hydrogens is 214 g/mol. The van der Waals surface area contributed by atoms with E-state index in [4.69, 9.17) is 22.4 Å². The highest BCUT2D eigenvalue weighted by Crippen LogP contribution is 2.21. The van der Waals surface area contributed by atoms with Gasteiger partial charge in [-0.3, -0.25) is 0 Å². The number of anilines is 2. The second-order valence-electron chi connectivity index (χ2n) is 3.68. The Morgan fingerprint density at radius 2 is 2.27 bits per heavy atom. The number of halogens is 1. The van der Waals surface area contributed by atoms with Gasteiger partial charge in [0.1, 0.15) is 5.82 Å². The van der Waals surface area contributed by atoms with E-state index in [1.807, 2.05) is 13.8 Å². The molecule has 1 heterocycles. The summed E-state index contributed by atoms with van der Waals surface area (Å²) in [6, 6.07) is 1.75. The van der Waals surface area contributed by atoms with Crippen molar-refractivity contribution >= 4 is 23.1 Å². The Labute approximate surface area is 94.5 Å². The molecule has 4 nitrogen and oxygen atoms in total. The number of hydrogen-bond donors (Lipinski definition) is 3. The molecule has 1 rings (SSSR count). The number of nitrogens with zero attached hydrogens (tertiary/aromatic N) is 1. The molecule has 0 aliphatic heterocycles. The van der Waals surface area contributed by atoms with Crippen LogP contribution in [0.3, 0.4) is 0 Å². The van der Waals surface area contributed by atoms with Crippen LogP contribution < -0.4 is 11.1 Å². The third-order valence-corrected chi connectivity index (χ3v) is 2.60. The van der Waals surface area contributed by atoms with Crippen molar-refractivity contribution in [1.29, 1.82) is 0 Å². The maximum Gasteiger partial charge on any atom is 0.149 e. The number of rotatable bonds is 4. The van der Waals surface area contributed by atoms with Gasteiger partial charge in [0.05, 0.1) is 10.7 Å². The maximum absolute atomic E-state index is 8.98. The second kappa shape index (κ2) is 5.19. The number of aliphatic hydroxyl groups is 1. The average Bonchev–Trinajstić information content (AvgIpc) is 2.20. The zero-order valence-electron chi connectivity index (χ0n) is 8.87. The van der Waals surface area contributed by atoms with E-state index in [-0.39, 0.29) is 18.6 Å². The Morgan fingerprint density at radius 3 is 2.80 bits per heavy atom. The second-order valence-corrected chi connectivity index (χ2v) is 4.12. The van der Waals surface area contributed by atoms with E-state index in [2.05, 4.69) is 10.3 Å². The summed E-state index contributed by atoms with van der Waals surface area (Å²) in [6.07, 6.45) is 1.54. The van der Waals surface area contributed by atoms with Crippen LogP contribution in [0.1, 0.15) is 13.8 Å². The van der Waals surface area contributed by atoms with Crippen molar-refractivity contribution in [3.8, 4) is 0 Å². The van der Waals surface area contributed by atoms with E-state index in [0.717, 1.165) is 0 Å². The predicted molar refractivity (Wildman–Crippen MR) is 63.0 cm³/mol. The van der Waals surface area contributed by atoms with Crippen LogP contribution in [0.5, 0.6) is 0 Å². The summed E-state index contributed by atoms with van der Waals surface area (Å²) < 4.78 is 0. The number of nitrogen functional groups attached to an aromatic ring is 1. The van der Waals surface area contributed by atoms with E-state index < -0.39 is 0 Å². The first-order chi connectivity index (χ1) is 7.04. The van der Waals surface area contributed by atoms with Gasteiger partial charge in [-0.25, -0.2) is 4.98 Å². The van der Waals surface area contributed by atoms with Crippen LogP contribution in [0.4, 0.5) is 11.5 Å². The number of aromatic nitrogens is 1. The summed E-state index contributed by atoms with van der Waals surface area (Å²) in [6.45, 7) is 4.04. The summed E-state index contributed by atoms with van der Waals surface area (Å²) in [4.78, 5) is 4.08. The molecule has 0 spiro atoms. The molecule has 2 atom stereocenters. The summed E-state index contributed by atoms with van der Waals surface area (Å²) in [5, 5.41) is 12.6. The van der Waals surface area contributed by atoms with Gasteiger partial charge in [-0.15, -0.1) is 0 Å². The first-order valence-corrected chi connectivity index (χ1v) is 5.20. The van der Waals surface area contributed by atoms with Crippen molar-refractivity contribution in [2.24, 2.45) is 5.92 Å². The van der Waals surface area contributed by atoms with Crippen LogP contribution >= 0.6 is 11.6 Å². The molecule has 5 heteroatoms. The van der Waals surface area contributed by atoms with Crippen molar-refractivity contribution in [3.05, 3.63) is 17.3 Å². The molecule has 0 aliphatic carbocycles. The molecular formula is C10H16ClN3O. The fourth-order valence-electron chi connectivity index (χ4n) is 1.09. The van der Waals surface area contributed by atoms with Gasteiger partial charge < -0.3 is 16.2 Å². The van der Waals surface area contributed by atoms with E-state index in [1.54, 1.807) is 6.07 Å². The fraction of sp³-hybridized carbons (Fsp3) is 0.500. The molecule has 1 aromatic rings. The van der Waals surface area contributed by atoms with Crippen LogP contribution in [-0.4, -0.2) is 22.7 Å². The molecule has 15 heavy (non-hydrogen) atoms. The van der Waals surface area contributed by atoms with Gasteiger partial charge in [-0.2, -0.15) is 0 Å². The minimum atomic E-state index is 0.103. The highest BCUT2D eigenvalue weighted by atomic mass is 35.5. The van der Waals surface area contributed by atoms with Gasteiger partial charge in [0.2, 0.25) is 0 Å². The van der Waals surface area contributed by atoms with E-state index in [1.165, 1.54) is 6.20 Å². The van der Waals surface area contributed by atoms with Crippen LogP contribution in [0.2, 0.25) is 5.02 Å². The van der Waals surface area contributed by atoms with Gasteiger partial charge in [-0.05, 0) is 18.9 Å². The molecule has 0 saturated carbocycles. The quantitative estimate of drug-likeness (QED) is 0.736. The van der Waals surface area contributed by atoms with Gasteiger partial charge in [0.25, 0.3) is 0 Å². The lowest BCUT2D eigenvalue weighted by Gasteiger charge is -2.20. The van der Waals surface area contributed by atoms with Crippen molar-refractivity contribution in [3.63, 3.8) is 0 Å². The molecule has 84 valence electrons. The zero-order chi connectivity index (χ0) is 11.4. The Morgan fingerprint density at radius 1 is 1.60 bits per heavy atom. The van der Waals surface area contributed by atoms with Crippen LogP contribution in [0.15, 0.2) is 12.3 Å². The zero-order valence-corrected chi connectivity index (χ0v) is 9.62. The minimum Gasteiger partial charge on any atom is -0.396 e. The molecule has 0 radical (unpaired) electrons. The molecule has 0 aliphatic rings. The normalized spacial score (nSPS) is 14.7. The van der Waals surface area contributed by atoms with Crippen molar-refractivity contribution in [1.82, 2.24) is 4.98 Å². The number of pyridine rings is 1. The molecule has 4 N–H and O–H groups in total. The molecule has 0 fully saturated rings. The Balaban J connectivity index is 2.72. The topological polar surface area (TPSA) is 71.2 Å². The summed E-state index contributed by atoms with van der Waals surface area (Å²) in [7, 11) is 0. The first kappa shape index (κ1) is 12.1. The lowest BCUT2D eigenvalue weighted by atomic mass is 10.1. The number of nitrogens with one attached hydrogen (secondary N) is 1. The lowest BCUT2D eigenvalue weighted by molar-refractivity contribution is 0.226. The Bertz CT molecular complexity index is 332. The van der Waals surface area contributed by atoms with E-state index >= 15 is 0 Å². The van der Waals surface area contributed by atoms with Crippen LogP contribution in [-0.2, 0) is 0 Å². The SMILES string of the molecule is CC(CO)C(C)Nc1ncc(Cl)cc1N. The predicted octanol–water partition coefficient (Wildman–Crippen LogP) is 1.75. The smallest absolute Gasteiger partial charge is 0.149 e. The van der Waals surface area contributed by atoms with Gasteiger partial charge in [0.15, 0.2) is 0 Å². The maximum atomic E-state index is 8.98. The number of nitrogens with two attached hydrogens (primary N) is 1. The molecule has 0 saturated heterocycles. The van der Waals surface area contributed by atoms with Crippen molar-refractivity contribution < 1.29 is 5.11 Å². The molecule has 0 aromatic carbocycles. The molecule has 0 amide bonds. The van der Waals surface area contributed by atoms with Gasteiger partial charge >= 0.3 is 0 Å². The third-order valence-electron chi connectivity index (χ3n) is 2.39. The summed E-state index contributed by atoms with van der Waals surface area (Å²) in [5.74, 6) is 0.745. The molecule has 2 unspecified atom stereocenters. The minimum absolute atomic E-state index is 0.103. The number of hydrogen-bond acceptors (Lipinski definition) is 4. The van der Waals surface area contributed by atoms with E-state index in [9.17, 15) is 0 Å². The third kappa shape index (κ3) is 3.25. The van der Waals surface area contributed by atoms with Crippen molar-refractivity contribution in [2.45, 2.75) is 19.9 Å². The van der Waals surface area contributed by atoms with Gasteiger partial charge in [0, 0.05) is 18.8 Å². The monoisotopic (exact) mass is 229 g/mol. The average molecular weight is 230 g/mol. The first-order valence-electron chi connectivity index (χ1n) is 4.83.